The lowest BCUT2D eigenvalue weighted by molar-refractivity contribution is -0.665. The topological polar surface area (TPSA) is 55.4 Å². The van der Waals surface area contributed by atoms with Crippen LogP contribution in [-0.2, 0) is 17.9 Å². The number of hydrogen-bond donors (Lipinski definition) is 0. The van der Waals surface area contributed by atoms with E-state index in [0.717, 1.165) is 37.9 Å². The van der Waals surface area contributed by atoms with E-state index in [1.54, 1.807) is 29.2 Å². The van der Waals surface area contributed by atoms with Crippen LogP contribution in [0, 0.1) is 0 Å². The summed E-state index contributed by atoms with van der Waals surface area (Å²) in [5.41, 5.74) is 1.74. The zero-order valence-electron chi connectivity index (χ0n) is 19.1. The molecular formula is C25H26N3O3S2+. The smallest absolute Gasteiger partial charge is 0.270 e. The summed E-state index contributed by atoms with van der Waals surface area (Å²) in [6.45, 7) is 6.90. The molecule has 0 atom stereocenters. The van der Waals surface area contributed by atoms with Crippen molar-refractivity contribution in [3.8, 4) is 5.75 Å². The van der Waals surface area contributed by atoms with Crippen LogP contribution in [0.15, 0.2) is 53.3 Å². The van der Waals surface area contributed by atoms with Gasteiger partial charge in [0.05, 0.1) is 19.3 Å². The molecule has 0 spiro atoms. The number of amides is 1. The molecule has 2 heterocycles. The molecule has 0 N–H and O–H groups in total. The molecule has 6 nitrogen and oxygen atoms in total. The number of hydrogen-bond acceptors (Lipinski definition) is 5. The Hall–Kier alpha value is -3.23. The molecule has 0 saturated heterocycles. The Labute approximate surface area is 199 Å². The van der Waals surface area contributed by atoms with Gasteiger partial charge in [0, 0.05) is 25.4 Å². The minimum atomic E-state index is -0.148. The van der Waals surface area contributed by atoms with E-state index in [-0.39, 0.29) is 11.5 Å². The summed E-state index contributed by atoms with van der Waals surface area (Å²) < 4.78 is 11.9. The van der Waals surface area contributed by atoms with Gasteiger partial charge in [-0.05, 0) is 38.1 Å². The minimum absolute atomic E-state index is 0.0956. The number of rotatable bonds is 6. The quantitative estimate of drug-likeness (QED) is 0.399. The molecule has 0 aliphatic rings. The number of fused-ring (bicyclic) bond motifs is 1. The Morgan fingerprint density at radius 2 is 1.91 bits per heavy atom. The van der Waals surface area contributed by atoms with Crippen molar-refractivity contribution >= 4 is 56.8 Å². The van der Waals surface area contributed by atoms with Gasteiger partial charge >= 0.3 is 0 Å². The number of carbonyl (C=O) groups is 1. The molecule has 2 aromatic carbocycles. The highest BCUT2D eigenvalue weighted by atomic mass is 32.1. The minimum Gasteiger partial charge on any atom is -0.497 e. The number of methoxy groups -OCH3 is 1. The molecule has 2 aromatic heterocycles. The number of ether oxygens (including phenoxy) is 1. The molecule has 8 heteroatoms. The van der Waals surface area contributed by atoms with Gasteiger partial charge in [0.1, 0.15) is 26.2 Å². The lowest BCUT2D eigenvalue weighted by Gasteiger charge is -2.15. The third kappa shape index (κ3) is 4.49. The largest absolute Gasteiger partial charge is 0.497 e. The number of benzene rings is 2. The number of aromatic nitrogens is 2. The maximum absolute atomic E-state index is 13.2. The molecule has 0 unspecified atom stereocenters. The van der Waals surface area contributed by atoms with Gasteiger partial charge in [0.2, 0.25) is 11.4 Å². The summed E-state index contributed by atoms with van der Waals surface area (Å²) in [4.78, 5) is 27.0. The van der Waals surface area contributed by atoms with Gasteiger partial charge in [-0.15, -0.1) is 11.3 Å². The van der Waals surface area contributed by atoms with Gasteiger partial charge in [-0.2, -0.15) is 4.57 Å². The Morgan fingerprint density at radius 1 is 1.15 bits per heavy atom. The highest BCUT2D eigenvalue weighted by Crippen LogP contribution is 2.25. The van der Waals surface area contributed by atoms with Gasteiger partial charge < -0.3 is 4.74 Å². The molecule has 0 aliphatic carbocycles. The van der Waals surface area contributed by atoms with E-state index < -0.39 is 0 Å². The third-order valence-corrected chi connectivity index (χ3v) is 7.53. The zero-order valence-corrected chi connectivity index (χ0v) is 20.7. The second-order valence-electron chi connectivity index (χ2n) is 7.37. The fourth-order valence-electron chi connectivity index (χ4n) is 3.73. The first kappa shape index (κ1) is 22.9. The van der Waals surface area contributed by atoms with Crippen LogP contribution in [0.4, 0.5) is 5.69 Å². The monoisotopic (exact) mass is 480 g/mol. The number of carbonyl (C=O) groups excluding carboxylic acids is 1. The van der Waals surface area contributed by atoms with Gasteiger partial charge in [0.15, 0.2) is 0 Å². The average Bonchev–Trinajstić information content (AvgIpc) is 3.32. The van der Waals surface area contributed by atoms with E-state index in [9.17, 15) is 9.59 Å². The summed E-state index contributed by atoms with van der Waals surface area (Å²) in [7, 11) is 1.67. The lowest BCUT2D eigenvalue weighted by atomic mass is 10.3. The van der Waals surface area contributed by atoms with Crippen LogP contribution in [-0.4, -0.2) is 17.6 Å². The SMILES string of the molecule is CCn1c(=Cc2sc3ccc(OC)cc3[n+]2CC)sc(=CN(C(C)=O)c2ccccc2)c1=O. The summed E-state index contributed by atoms with van der Waals surface area (Å²) in [5, 5.41) is 1.06. The fraction of sp³-hybridized carbons (Fsp3) is 0.240. The Balaban J connectivity index is 1.90. The van der Waals surface area contributed by atoms with Crippen LogP contribution in [0.3, 0.4) is 0 Å². The first-order chi connectivity index (χ1) is 16.0. The molecule has 0 radical (unpaired) electrons. The highest BCUT2D eigenvalue weighted by Gasteiger charge is 2.19. The number of aryl methyl sites for hydroxylation is 1. The van der Waals surface area contributed by atoms with Crippen molar-refractivity contribution in [2.24, 2.45) is 0 Å². The summed E-state index contributed by atoms with van der Waals surface area (Å²) >= 11 is 3.08. The predicted octanol–water partition coefficient (Wildman–Crippen LogP) is 3.08. The Morgan fingerprint density at radius 3 is 2.55 bits per heavy atom. The average molecular weight is 481 g/mol. The third-order valence-electron chi connectivity index (χ3n) is 5.37. The number of thiazole rings is 2. The van der Waals surface area contributed by atoms with Gasteiger partial charge in [-0.1, -0.05) is 29.5 Å². The molecule has 170 valence electrons. The molecule has 33 heavy (non-hydrogen) atoms. The van der Waals surface area contributed by atoms with Crippen molar-refractivity contribution < 1.29 is 14.1 Å². The zero-order chi connectivity index (χ0) is 23.5. The summed E-state index contributed by atoms with van der Waals surface area (Å²) in [6.07, 6.45) is 3.71. The maximum Gasteiger partial charge on any atom is 0.270 e. The number of nitrogens with zero attached hydrogens (tertiary/aromatic N) is 3. The molecule has 0 aliphatic heterocycles. The van der Waals surface area contributed by atoms with Crippen LogP contribution in [0.5, 0.6) is 5.75 Å². The van der Waals surface area contributed by atoms with Crippen LogP contribution >= 0.6 is 22.7 Å². The molecule has 1 amide bonds. The lowest BCUT2D eigenvalue weighted by Crippen LogP contribution is -2.35. The van der Waals surface area contributed by atoms with Gasteiger partial charge in [-0.25, -0.2) is 0 Å². The first-order valence-electron chi connectivity index (χ1n) is 10.7. The Kier molecular flexibility index (Phi) is 6.76. The summed E-state index contributed by atoms with van der Waals surface area (Å²) in [5.74, 6) is 0.669. The summed E-state index contributed by atoms with van der Waals surface area (Å²) in [6, 6.07) is 15.4. The van der Waals surface area contributed by atoms with Crippen molar-refractivity contribution in [1.29, 1.82) is 0 Å². The van der Waals surface area contributed by atoms with Gasteiger partial charge in [0.25, 0.3) is 10.6 Å². The Bertz CT molecular complexity index is 1480. The normalized spacial score (nSPS) is 12.5. The molecule has 4 aromatic rings. The predicted molar refractivity (Wildman–Crippen MR) is 135 cm³/mol. The highest BCUT2D eigenvalue weighted by molar-refractivity contribution is 7.19. The van der Waals surface area contributed by atoms with Gasteiger partial charge in [-0.3, -0.25) is 19.1 Å². The van der Waals surface area contributed by atoms with E-state index in [4.69, 9.17) is 4.74 Å². The number of anilines is 1. The molecular weight excluding hydrogens is 454 g/mol. The standard InChI is InChI=1S/C25H26N3O3S2/c1-5-26-20-14-19(31-4)12-13-21(20)32-23(26)15-24-27(6-2)25(30)22(33-24)16-28(17(3)29)18-10-8-7-9-11-18/h7-16H,5-6H2,1-4H3/q+1. The second kappa shape index (κ2) is 9.72. The van der Waals surface area contributed by atoms with Crippen LogP contribution in [0.2, 0.25) is 0 Å². The second-order valence-corrected chi connectivity index (χ2v) is 9.49. The first-order valence-corrected chi connectivity index (χ1v) is 12.4. The molecule has 4 rings (SSSR count). The van der Waals surface area contributed by atoms with Crippen LogP contribution < -0.4 is 29.0 Å². The van der Waals surface area contributed by atoms with E-state index in [0.29, 0.717) is 11.1 Å². The van der Waals surface area contributed by atoms with Crippen molar-refractivity contribution in [3.63, 3.8) is 0 Å². The van der Waals surface area contributed by atoms with E-state index in [1.165, 1.54) is 23.2 Å². The van der Waals surface area contributed by atoms with E-state index in [2.05, 4.69) is 23.6 Å². The molecule has 0 fully saturated rings. The molecule has 0 bridgehead atoms. The van der Waals surface area contributed by atoms with Crippen LogP contribution in [0.1, 0.15) is 25.8 Å². The van der Waals surface area contributed by atoms with E-state index >= 15 is 0 Å². The van der Waals surface area contributed by atoms with Crippen molar-refractivity contribution in [3.05, 3.63) is 73.1 Å². The fourth-order valence-corrected chi connectivity index (χ4v) is 6.02. The van der Waals surface area contributed by atoms with Crippen LogP contribution in [0.25, 0.3) is 22.5 Å². The van der Waals surface area contributed by atoms with E-state index in [1.807, 2.05) is 49.4 Å². The van der Waals surface area contributed by atoms with Crippen molar-refractivity contribution in [2.75, 3.05) is 12.0 Å². The maximum atomic E-state index is 13.2. The van der Waals surface area contributed by atoms with Crippen molar-refractivity contribution in [2.45, 2.75) is 33.9 Å². The number of para-hydroxylation sites is 1. The van der Waals surface area contributed by atoms with Crippen molar-refractivity contribution in [1.82, 2.24) is 4.57 Å². The molecule has 0 saturated carbocycles.